The maximum Gasteiger partial charge on any atom is 0.0709 e. The maximum absolute atomic E-state index is 8.93. The van der Waals surface area contributed by atoms with Crippen molar-refractivity contribution >= 4 is 16.6 Å². The topological polar surface area (TPSA) is 45.2 Å². The highest BCUT2D eigenvalue weighted by molar-refractivity contribution is 5.85. The zero-order valence-corrected chi connectivity index (χ0v) is 12.6. The van der Waals surface area contributed by atoms with Crippen LogP contribution < -0.4 is 5.32 Å². The summed E-state index contributed by atoms with van der Waals surface area (Å²) in [4.78, 5) is 4.59. The molecule has 0 saturated heterocycles. The molecule has 2 N–H and O–H groups in total. The minimum atomic E-state index is 0.254. The molecule has 1 aromatic carbocycles. The molecular formula is C17H24N2O. The van der Waals surface area contributed by atoms with Gasteiger partial charge >= 0.3 is 0 Å². The van der Waals surface area contributed by atoms with Crippen LogP contribution in [0, 0.1) is 12.8 Å². The summed E-state index contributed by atoms with van der Waals surface area (Å²) in [6.07, 6.45) is 1.85. The minimum Gasteiger partial charge on any atom is -0.396 e. The molecule has 0 saturated carbocycles. The van der Waals surface area contributed by atoms with Crippen LogP contribution in [-0.2, 0) is 6.42 Å². The van der Waals surface area contributed by atoms with E-state index in [2.05, 4.69) is 48.4 Å². The Morgan fingerprint density at radius 1 is 1.30 bits per heavy atom. The third-order valence-corrected chi connectivity index (χ3v) is 3.68. The molecule has 0 fully saturated rings. The summed E-state index contributed by atoms with van der Waals surface area (Å²) in [6.45, 7) is 7.50. The van der Waals surface area contributed by atoms with Crippen LogP contribution in [0.1, 0.15) is 31.5 Å². The Morgan fingerprint density at radius 2 is 2.10 bits per heavy atom. The number of aryl methyl sites for hydroxylation is 2. The number of hydrogen-bond donors (Lipinski definition) is 2. The van der Waals surface area contributed by atoms with Crippen LogP contribution in [0.15, 0.2) is 24.3 Å². The Kier molecular flexibility index (Phi) is 4.96. The van der Waals surface area contributed by atoms with Crippen LogP contribution in [0.3, 0.4) is 0 Å². The molecule has 2 aromatic rings. The highest BCUT2D eigenvalue weighted by atomic mass is 16.3. The number of fused-ring (bicyclic) bond motifs is 1. The number of aromatic nitrogens is 1. The Morgan fingerprint density at radius 3 is 2.80 bits per heavy atom. The van der Waals surface area contributed by atoms with Crippen molar-refractivity contribution in [2.24, 2.45) is 5.92 Å². The Hall–Kier alpha value is -1.61. The van der Waals surface area contributed by atoms with Crippen LogP contribution in [0.5, 0.6) is 0 Å². The fraction of sp³-hybridized carbons (Fsp3) is 0.471. The lowest BCUT2D eigenvalue weighted by Crippen LogP contribution is -2.12. The van der Waals surface area contributed by atoms with E-state index in [1.807, 2.05) is 6.92 Å². The summed E-state index contributed by atoms with van der Waals surface area (Å²) < 4.78 is 0. The van der Waals surface area contributed by atoms with Crippen molar-refractivity contribution in [1.82, 2.24) is 4.98 Å². The molecule has 20 heavy (non-hydrogen) atoms. The molecule has 0 aliphatic carbocycles. The molecule has 0 spiro atoms. The van der Waals surface area contributed by atoms with Crippen molar-refractivity contribution < 1.29 is 5.11 Å². The van der Waals surface area contributed by atoms with Gasteiger partial charge in [-0.05, 0) is 55.5 Å². The van der Waals surface area contributed by atoms with Crippen molar-refractivity contribution in [3.63, 3.8) is 0 Å². The van der Waals surface area contributed by atoms with E-state index in [1.165, 1.54) is 10.9 Å². The first-order valence-corrected chi connectivity index (χ1v) is 7.39. The fourth-order valence-electron chi connectivity index (χ4n) is 2.46. The molecule has 108 valence electrons. The van der Waals surface area contributed by atoms with Crippen LogP contribution in [0.25, 0.3) is 10.9 Å². The van der Waals surface area contributed by atoms with Gasteiger partial charge in [-0.25, -0.2) is 0 Å². The summed E-state index contributed by atoms with van der Waals surface area (Å²) >= 11 is 0. The minimum absolute atomic E-state index is 0.254. The van der Waals surface area contributed by atoms with Gasteiger partial charge in [0, 0.05) is 29.9 Å². The van der Waals surface area contributed by atoms with Gasteiger partial charge in [0.25, 0.3) is 0 Å². The van der Waals surface area contributed by atoms with Gasteiger partial charge in [0.05, 0.1) is 5.52 Å². The molecular weight excluding hydrogens is 248 g/mol. The van der Waals surface area contributed by atoms with Crippen LogP contribution in [0.4, 0.5) is 5.69 Å². The number of nitrogens with zero attached hydrogens (tertiary/aromatic N) is 1. The van der Waals surface area contributed by atoms with Gasteiger partial charge in [-0.15, -0.1) is 0 Å². The second kappa shape index (κ2) is 6.71. The highest BCUT2D eigenvalue weighted by Gasteiger charge is 2.05. The lowest BCUT2D eigenvalue weighted by atomic mass is 10.0. The lowest BCUT2D eigenvalue weighted by Gasteiger charge is -2.13. The second-order valence-corrected chi connectivity index (χ2v) is 5.51. The van der Waals surface area contributed by atoms with Gasteiger partial charge in [0.15, 0.2) is 0 Å². The van der Waals surface area contributed by atoms with Gasteiger partial charge in [-0.1, -0.05) is 13.8 Å². The zero-order valence-electron chi connectivity index (χ0n) is 12.6. The average Bonchev–Trinajstić information content (AvgIpc) is 2.44. The number of benzene rings is 1. The quantitative estimate of drug-likeness (QED) is 0.845. The van der Waals surface area contributed by atoms with E-state index in [-0.39, 0.29) is 6.61 Å². The zero-order chi connectivity index (χ0) is 14.5. The van der Waals surface area contributed by atoms with E-state index >= 15 is 0 Å². The van der Waals surface area contributed by atoms with Crippen molar-refractivity contribution in [2.45, 2.75) is 33.6 Å². The summed E-state index contributed by atoms with van der Waals surface area (Å²) in [5.41, 5.74) is 4.62. The van der Waals surface area contributed by atoms with E-state index in [1.54, 1.807) is 0 Å². The van der Waals surface area contributed by atoms with Gasteiger partial charge < -0.3 is 10.4 Å². The van der Waals surface area contributed by atoms with Crippen molar-refractivity contribution in [2.75, 3.05) is 18.5 Å². The van der Waals surface area contributed by atoms with Crippen molar-refractivity contribution in [3.8, 4) is 0 Å². The molecule has 1 aromatic heterocycles. The van der Waals surface area contributed by atoms with Crippen LogP contribution in [-0.4, -0.2) is 23.2 Å². The Balaban J connectivity index is 2.22. The molecule has 0 aliphatic rings. The van der Waals surface area contributed by atoms with E-state index in [0.717, 1.165) is 36.3 Å². The van der Waals surface area contributed by atoms with E-state index in [4.69, 9.17) is 5.11 Å². The molecule has 3 heteroatoms. The first-order valence-electron chi connectivity index (χ1n) is 7.39. The van der Waals surface area contributed by atoms with Gasteiger partial charge in [-0.2, -0.15) is 0 Å². The summed E-state index contributed by atoms with van der Waals surface area (Å²) in [6, 6.07) is 8.52. The van der Waals surface area contributed by atoms with Gasteiger partial charge in [0.1, 0.15) is 0 Å². The van der Waals surface area contributed by atoms with E-state index in [9.17, 15) is 0 Å². The number of hydrogen-bond acceptors (Lipinski definition) is 3. The number of rotatable bonds is 6. The first kappa shape index (κ1) is 14.8. The summed E-state index contributed by atoms with van der Waals surface area (Å²) in [5, 5.41) is 13.6. The number of aliphatic hydroxyl groups excluding tert-OH is 1. The highest BCUT2D eigenvalue weighted by Crippen LogP contribution is 2.23. The predicted octanol–water partition coefficient (Wildman–Crippen LogP) is 3.54. The third kappa shape index (κ3) is 3.48. The number of nitrogens with one attached hydrogen (secondary N) is 1. The molecule has 3 nitrogen and oxygen atoms in total. The van der Waals surface area contributed by atoms with Crippen LogP contribution in [0.2, 0.25) is 0 Å². The molecule has 0 bridgehead atoms. The lowest BCUT2D eigenvalue weighted by molar-refractivity contribution is 0.266. The molecule has 1 heterocycles. The predicted molar refractivity (Wildman–Crippen MR) is 85.2 cm³/mol. The smallest absolute Gasteiger partial charge is 0.0709 e. The third-order valence-electron chi connectivity index (χ3n) is 3.68. The molecule has 1 atom stereocenters. The molecule has 0 aliphatic heterocycles. The first-order chi connectivity index (χ1) is 9.63. The fourth-order valence-corrected chi connectivity index (χ4v) is 2.46. The SMILES string of the molecule is CCc1cc(C)nc2ccc(NCC(C)CCO)cc12. The normalized spacial score (nSPS) is 12.6. The largest absolute Gasteiger partial charge is 0.396 e. The second-order valence-electron chi connectivity index (χ2n) is 5.51. The molecule has 0 amide bonds. The molecule has 2 rings (SSSR count). The Bertz CT molecular complexity index is 580. The summed E-state index contributed by atoms with van der Waals surface area (Å²) in [7, 11) is 0. The molecule has 0 radical (unpaired) electrons. The van der Waals surface area contributed by atoms with Crippen molar-refractivity contribution in [3.05, 3.63) is 35.5 Å². The number of pyridine rings is 1. The molecule has 1 unspecified atom stereocenters. The Labute approximate surface area is 121 Å². The van der Waals surface area contributed by atoms with E-state index in [0.29, 0.717) is 5.92 Å². The number of aliphatic hydroxyl groups is 1. The number of anilines is 1. The standard InChI is InChI=1S/C17H24N2O/c1-4-14-9-13(3)19-17-6-5-15(10-16(14)17)18-11-12(2)7-8-20/h5-6,9-10,12,18,20H,4,7-8,11H2,1-3H3. The maximum atomic E-state index is 8.93. The van der Waals surface area contributed by atoms with Crippen molar-refractivity contribution in [1.29, 1.82) is 0 Å². The van der Waals surface area contributed by atoms with Crippen LogP contribution >= 0.6 is 0 Å². The van der Waals surface area contributed by atoms with E-state index < -0.39 is 0 Å². The monoisotopic (exact) mass is 272 g/mol. The average molecular weight is 272 g/mol. The van der Waals surface area contributed by atoms with Gasteiger partial charge in [-0.3, -0.25) is 4.98 Å². The van der Waals surface area contributed by atoms with Gasteiger partial charge in [0.2, 0.25) is 0 Å². The summed E-state index contributed by atoms with van der Waals surface area (Å²) in [5.74, 6) is 0.470.